The summed E-state index contributed by atoms with van der Waals surface area (Å²) in [6, 6.07) is 15.4. The molecule has 0 unspecified atom stereocenters. The number of halogens is 2. The Morgan fingerprint density at radius 1 is 0.926 bits per heavy atom. The molecule has 2 N–H and O–H groups in total. The van der Waals surface area contributed by atoms with Crippen molar-refractivity contribution in [3.63, 3.8) is 0 Å². The van der Waals surface area contributed by atoms with Gasteiger partial charge in [0.25, 0.3) is 0 Å². The van der Waals surface area contributed by atoms with E-state index in [1.807, 2.05) is 36.4 Å². The number of carbonyl (C=O) groups excluding carboxylic acids is 2. The summed E-state index contributed by atoms with van der Waals surface area (Å²) < 4.78 is 14.4. The van der Waals surface area contributed by atoms with Gasteiger partial charge >= 0.3 is 87.5 Å². The standard InChI is InChI=1S/C9H10INO.C9H10NO.2CH4.FH.Sn/c1-7(12)11-6-8-3-2-4-9(10)5-8;1-8(11)10-7-9-5-3-2-4-6-9;;;;/h2-5H,6H2,1H3,(H,11,12);2-3,5-6H,7H2,1H3,(H,10,11);2*1H4;1H;/q;;;;;+1/p-1. The number of nitrogens with one attached hydrogen (secondary N) is 2. The van der Waals surface area contributed by atoms with Gasteiger partial charge < -0.3 is 5.32 Å². The van der Waals surface area contributed by atoms with E-state index in [1.165, 1.54) is 17.4 Å². The zero-order chi connectivity index (χ0) is 18.7. The third-order valence-corrected chi connectivity index (χ3v) is 5.19. The zero-order valence-corrected chi connectivity index (χ0v) is 19.1. The van der Waals surface area contributed by atoms with E-state index in [1.54, 1.807) is 6.07 Å². The minimum atomic E-state index is -1.83. The van der Waals surface area contributed by atoms with Crippen LogP contribution in [0, 0.1) is 3.57 Å². The predicted octanol–water partition coefficient (Wildman–Crippen LogP) is 3.74. The van der Waals surface area contributed by atoms with E-state index in [0.717, 1.165) is 14.7 Å². The van der Waals surface area contributed by atoms with E-state index in [2.05, 4.69) is 39.3 Å². The van der Waals surface area contributed by atoms with Crippen LogP contribution in [-0.4, -0.2) is 33.5 Å². The van der Waals surface area contributed by atoms with Gasteiger partial charge in [0.15, 0.2) is 0 Å². The topological polar surface area (TPSA) is 58.2 Å². The molecule has 0 bridgehead atoms. The largest absolute Gasteiger partial charge is 0.352 e. The molecular weight excluding hydrogens is 565 g/mol. The maximum absolute atomic E-state index is 12.4. The Bertz CT molecular complexity index is 714. The first-order chi connectivity index (χ1) is 11.9. The molecule has 0 aliphatic rings. The Labute approximate surface area is 186 Å². The maximum atomic E-state index is 12.4. The molecule has 7 heteroatoms. The number of amides is 2. The van der Waals surface area contributed by atoms with Crippen molar-refractivity contribution < 1.29 is 12.5 Å². The average Bonchev–Trinajstić information content (AvgIpc) is 2.59. The second kappa shape index (κ2) is 15.9. The SMILES string of the molecule is C.C.CC(=O)NCc1ccc[c]([Sn][F])c1.CC(=O)NCc1cccc(I)c1. The van der Waals surface area contributed by atoms with Crippen LogP contribution in [0.25, 0.3) is 0 Å². The van der Waals surface area contributed by atoms with Gasteiger partial charge in [-0.05, 0) is 40.3 Å². The zero-order valence-electron chi connectivity index (χ0n) is 14.1. The Balaban J connectivity index is 0. The van der Waals surface area contributed by atoms with Crippen LogP contribution in [0.5, 0.6) is 0 Å². The first-order valence-corrected chi connectivity index (χ1v) is 11.2. The molecule has 2 aromatic rings. The van der Waals surface area contributed by atoms with Crippen molar-refractivity contribution >= 4 is 59.7 Å². The van der Waals surface area contributed by atoms with Crippen molar-refractivity contribution in [1.82, 2.24) is 10.6 Å². The second-order valence-electron chi connectivity index (χ2n) is 5.24. The van der Waals surface area contributed by atoms with Crippen LogP contribution in [0.4, 0.5) is 2.87 Å². The molecule has 2 aromatic carbocycles. The monoisotopic (exact) mass is 594 g/mol. The first kappa shape index (κ1) is 28.1. The van der Waals surface area contributed by atoms with Crippen molar-refractivity contribution in [1.29, 1.82) is 0 Å². The van der Waals surface area contributed by atoms with Gasteiger partial charge in [0.1, 0.15) is 0 Å². The molecule has 2 rings (SSSR count). The molecule has 2 amide bonds. The third kappa shape index (κ3) is 13.6. The molecule has 4 nitrogen and oxygen atoms in total. The van der Waals surface area contributed by atoms with Gasteiger partial charge in [-0.15, -0.1) is 0 Å². The summed E-state index contributed by atoms with van der Waals surface area (Å²) >= 11 is 0.421. The molecule has 0 saturated heterocycles. The van der Waals surface area contributed by atoms with Gasteiger partial charge in [-0.25, -0.2) is 0 Å². The van der Waals surface area contributed by atoms with Crippen LogP contribution in [-0.2, 0) is 22.7 Å². The molecule has 148 valence electrons. The van der Waals surface area contributed by atoms with Gasteiger partial charge in [-0.1, -0.05) is 27.0 Å². The Kier molecular flexibility index (Phi) is 16.5. The van der Waals surface area contributed by atoms with Crippen molar-refractivity contribution in [3.05, 3.63) is 63.2 Å². The number of hydrogen-bond donors (Lipinski definition) is 2. The van der Waals surface area contributed by atoms with Crippen LogP contribution in [0.2, 0.25) is 0 Å². The van der Waals surface area contributed by atoms with Gasteiger partial charge in [-0.3, -0.25) is 4.79 Å². The van der Waals surface area contributed by atoms with E-state index in [9.17, 15) is 12.5 Å². The summed E-state index contributed by atoms with van der Waals surface area (Å²) in [5, 5.41) is 5.42. The maximum Gasteiger partial charge on any atom is 0.217 e. The average molecular weight is 593 g/mol. The molecule has 2 radical (unpaired) electrons. The van der Waals surface area contributed by atoms with Crippen LogP contribution in [0.15, 0.2) is 48.5 Å². The Morgan fingerprint density at radius 2 is 1.41 bits per heavy atom. The van der Waals surface area contributed by atoms with Crippen LogP contribution >= 0.6 is 22.6 Å². The van der Waals surface area contributed by atoms with Gasteiger partial charge in [-0.2, -0.15) is 0 Å². The Hall–Kier alpha value is -1.16. The molecule has 0 saturated carbocycles. The fourth-order valence-corrected chi connectivity index (χ4v) is 3.59. The van der Waals surface area contributed by atoms with Crippen molar-refractivity contribution in [3.8, 4) is 0 Å². The number of benzene rings is 2. The fraction of sp³-hybridized carbons (Fsp3) is 0.300. The fourth-order valence-electron chi connectivity index (χ4n) is 1.84. The van der Waals surface area contributed by atoms with Gasteiger partial charge in [0.05, 0.1) is 0 Å². The normalized spacial score (nSPS) is 8.89. The van der Waals surface area contributed by atoms with E-state index in [-0.39, 0.29) is 26.7 Å². The van der Waals surface area contributed by atoms with E-state index in [0.29, 0.717) is 13.1 Å². The van der Waals surface area contributed by atoms with E-state index < -0.39 is 21.7 Å². The van der Waals surface area contributed by atoms with Crippen LogP contribution in [0.3, 0.4) is 0 Å². The van der Waals surface area contributed by atoms with Crippen molar-refractivity contribution in [2.24, 2.45) is 0 Å². The Morgan fingerprint density at radius 3 is 1.85 bits per heavy atom. The number of rotatable bonds is 5. The quantitative estimate of drug-likeness (QED) is 0.411. The molecule has 0 spiro atoms. The molecule has 0 fully saturated rings. The van der Waals surface area contributed by atoms with Crippen molar-refractivity contribution in [2.75, 3.05) is 0 Å². The first-order valence-electron chi connectivity index (χ1n) is 7.59. The summed E-state index contributed by atoms with van der Waals surface area (Å²) in [6.45, 7) is 4.10. The molecular formula is C20H28FIN2O2Sn. The predicted molar refractivity (Wildman–Crippen MR) is 121 cm³/mol. The molecule has 27 heavy (non-hydrogen) atoms. The molecule has 0 heterocycles. The summed E-state index contributed by atoms with van der Waals surface area (Å²) in [5.74, 6) is -0.0560. The smallest absolute Gasteiger partial charge is 0.217 e. The number of carbonyl (C=O) groups is 2. The van der Waals surface area contributed by atoms with Crippen LogP contribution < -0.4 is 14.2 Å². The molecule has 0 aliphatic carbocycles. The second-order valence-corrected chi connectivity index (χ2v) is 8.68. The van der Waals surface area contributed by atoms with E-state index >= 15 is 0 Å². The van der Waals surface area contributed by atoms with Gasteiger partial charge in [0.2, 0.25) is 5.91 Å². The summed E-state index contributed by atoms with van der Waals surface area (Å²) in [5.41, 5.74) is 2.10. The summed E-state index contributed by atoms with van der Waals surface area (Å²) in [6.07, 6.45) is 0. The third-order valence-electron chi connectivity index (χ3n) is 3.01. The molecule has 0 aliphatic heterocycles. The summed E-state index contributed by atoms with van der Waals surface area (Å²) in [7, 11) is 0. The van der Waals surface area contributed by atoms with Crippen molar-refractivity contribution in [2.45, 2.75) is 41.8 Å². The number of hydrogen-bond acceptors (Lipinski definition) is 2. The van der Waals surface area contributed by atoms with E-state index in [4.69, 9.17) is 0 Å². The minimum Gasteiger partial charge on any atom is -0.352 e. The van der Waals surface area contributed by atoms with Gasteiger partial charge in [0, 0.05) is 17.0 Å². The molecule has 0 atom stereocenters. The molecule has 0 aromatic heterocycles. The van der Waals surface area contributed by atoms with Crippen LogP contribution in [0.1, 0.15) is 39.8 Å². The minimum absolute atomic E-state index is 0. The summed E-state index contributed by atoms with van der Waals surface area (Å²) in [4.78, 5) is 21.2.